The fraction of sp³-hybridized carbons (Fsp3) is 0.250. The second-order valence-corrected chi connectivity index (χ2v) is 5.38. The Balaban J connectivity index is 2.42. The number of hydrogen-bond acceptors (Lipinski definition) is 4. The van der Waals surface area contributed by atoms with Gasteiger partial charge in [-0.3, -0.25) is 14.7 Å². The van der Waals surface area contributed by atoms with Gasteiger partial charge in [0.15, 0.2) is 0 Å². The van der Waals surface area contributed by atoms with Crippen LogP contribution in [0, 0.1) is 18.3 Å². The fourth-order valence-electron chi connectivity index (χ4n) is 2.10. The summed E-state index contributed by atoms with van der Waals surface area (Å²) in [4.78, 5) is 24.6. The van der Waals surface area contributed by atoms with Gasteiger partial charge in [-0.15, -0.1) is 0 Å². The van der Waals surface area contributed by atoms with E-state index < -0.39 is 5.91 Å². The second kappa shape index (κ2) is 6.75. The van der Waals surface area contributed by atoms with Crippen LogP contribution in [0.5, 0.6) is 0 Å². The Morgan fingerprint density at radius 3 is 2.61 bits per heavy atom. The molecule has 7 heteroatoms. The molecular formula is C16H17N5O2. The first-order chi connectivity index (χ1) is 10.9. The first-order valence-electron chi connectivity index (χ1n) is 7.08. The van der Waals surface area contributed by atoms with Gasteiger partial charge in [-0.2, -0.15) is 10.4 Å². The van der Waals surface area contributed by atoms with E-state index in [2.05, 4.69) is 20.8 Å². The van der Waals surface area contributed by atoms with Gasteiger partial charge >= 0.3 is 0 Å². The van der Waals surface area contributed by atoms with Crippen molar-refractivity contribution in [3.8, 4) is 6.07 Å². The lowest BCUT2D eigenvalue weighted by Gasteiger charge is -2.15. The quantitative estimate of drug-likeness (QED) is 0.801. The van der Waals surface area contributed by atoms with Crippen molar-refractivity contribution in [2.75, 3.05) is 5.32 Å². The SMILES string of the molecule is Cc1cc(C#N)cc(C(=O)NC(C)C)c1NC(=O)c1ccn[nH]1. The van der Waals surface area contributed by atoms with Crippen molar-refractivity contribution in [2.45, 2.75) is 26.8 Å². The molecule has 118 valence electrons. The summed E-state index contributed by atoms with van der Waals surface area (Å²) in [7, 11) is 0. The van der Waals surface area contributed by atoms with Crippen LogP contribution in [0.25, 0.3) is 0 Å². The number of carbonyl (C=O) groups is 2. The van der Waals surface area contributed by atoms with Gasteiger partial charge in [0.1, 0.15) is 5.69 Å². The molecule has 23 heavy (non-hydrogen) atoms. The van der Waals surface area contributed by atoms with E-state index in [1.54, 1.807) is 13.0 Å². The largest absolute Gasteiger partial charge is 0.350 e. The van der Waals surface area contributed by atoms with Crippen LogP contribution in [0.3, 0.4) is 0 Å². The first-order valence-corrected chi connectivity index (χ1v) is 7.08. The number of aromatic amines is 1. The molecule has 2 rings (SSSR count). The smallest absolute Gasteiger partial charge is 0.273 e. The van der Waals surface area contributed by atoms with Crippen LogP contribution in [0.4, 0.5) is 5.69 Å². The molecule has 2 aromatic rings. The number of aromatic nitrogens is 2. The predicted molar refractivity (Wildman–Crippen MR) is 85.0 cm³/mol. The Kier molecular flexibility index (Phi) is 4.76. The summed E-state index contributed by atoms with van der Waals surface area (Å²) in [5, 5.41) is 20.9. The monoisotopic (exact) mass is 311 g/mol. The summed E-state index contributed by atoms with van der Waals surface area (Å²) in [6.07, 6.45) is 1.47. The highest BCUT2D eigenvalue weighted by Gasteiger charge is 2.19. The van der Waals surface area contributed by atoms with E-state index in [-0.39, 0.29) is 23.2 Å². The molecule has 1 aromatic heterocycles. The summed E-state index contributed by atoms with van der Waals surface area (Å²) >= 11 is 0. The van der Waals surface area contributed by atoms with Crippen molar-refractivity contribution in [3.05, 3.63) is 46.8 Å². The Bertz CT molecular complexity index is 773. The maximum absolute atomic E-state index is 12.4. The number of hydrogen-bond donors (Lipinski definition) is 3. The molecule has 0 saturated heterocycles. The maximum atomic E-state index is 12.4. The Morgan fingerprint density at radius 1 is 1.30 bits per heavy atom. The molecule has 0 aliphatic carbocycles. The molecule has 7 nitrogen and oxygen atoms in total. The number of anilines is 1. The van der Waals surface area contributed by atoms with Crippen molar-refractivity contribution < 1.29 is 9.59 Å². The molecular weight excluding hydrogens is 294 g/mol. The summed E-state index contributed by atoms with van der Waals surface area (Å²) in [6.45, 7) is 5.40. The first kappa shape index (κ1) is 16.2. The van der Waals surface area contributed by atoms with Crippen molar-refractivity contribution >= 4 is 17.5 Å². The maximum Gasteiger partial charge on any atom is 0.273 e. The van der Waals surface area contributed by atoms with E-state index in [4.69, 9.17) is 5.26 Å². The van der Waals surface area contributed by atoms with Gasteiger partial charge in [0.05, 0.1) is 22.9 Å². The number of rotatable bonds is 4. The van der Waals surface area contributed by atoms with Gasteiger partial charge in [0, 0.05) is 12.2 Å². The molecule has 1 heterocycles. The van der Waals surface area contributed by atoms with E-state index in [1.165, 1.54) is 18.3 Å². The number of aryl methyl sites for hydroxylation is 1. The van der Waals surface area contributed by atoms with Crippen LogP contribution < -0.4 is 10.6 Å². The highest BCUT2D eigenvalue weighted by atomic mass is 16.2. The minimum atomic E-state index is -0.408. The molecule has 0 spiro atoms. The number of nitriles is 1. The van der Waals surface area contributed by atoms with Gasteiger partial charge in [-0.1, -0.05) is 0 Å². The van der Waals surface area contributed by atoms with Gasteiger partial charge in [-0.05, 0) is 44.5 Å². The van der Waals surface area contributed by atoms with Crippen LogP contribution in [0.2, 0.25) is 0 Å². The molecule has 0 bridgehead atoms. The number of nitrogens with zero attached hydrogens (tertiary/aromatic N) is 2. The van der Waals surface area contributed by atoms with E-state index in [9.17, 15) is 9.59 Å². The Hall–Kier alpha value is -3.14. The summed E-state index contributed by atoms with van der Waals surface area (Å²) in [6, 6.07) is 6.57. The molecule has 0 aliphatic heterocycles. The van der Waals surface area contributed by atoms with Crippen LogP contribution in [0.1, 0.15) is 45.8 Å². The number of amides is 2. The number of H-pyrrole nitrogens is 1. The second-order valence-electron chi connectivity index (χ2n) is 5.38. The zero-order valence-corrected chi connectivity index (χ0v) is 13.1. The van der Waals surface area contributed by atoms with Gasteiger partial charge in [0.25, 0.3) is 11.8 Å². The zero-order chi connectivity index (χ0) is 17.0. The number of benzene rings is 1. The molecule has 0 radical (unpaired) electrons. The Labute approximate surface area is 133 Å². The standard InChI is InChI=1S/C16H17N5O2/c1-9(2)19-15(22)12-7-11(8-17)6-10(3)14(12)20-16(23)13-4-5-18-21-13/h4-7,9H,1-3H3,(H,18,21)(H,19,22)(H,20,23). The number of nitrogens with one attached hydrogen (secondary N) is 3. The van der Waals surface area contributed by atoms with Crippen molar-refractivity contribution in [1.29, 1.82) is 5.26 Å². The minimum absolute atomic E-state index is 0.0651. The normalized spacial score (nSPS) is 10.2. The van der Waals surface area contributed by atoms with Gasteiger partial charge < -0.3 is 10.6 Å². The van der Waals surface area contributed by atoms with Gasteiger partial charge in [0.2, 0.25) is 0 Å². The predicted octanol–water partition coefficient (Wildman–Crippen LogP) is 1.98. The van der Waals surface area contributed by atoms with E-state index >= 15 is 0 Å². The topological polar surface area (TPSA) is 111 Å². The van der Waals surface area contributed by atoms with Crippen LogP contribution in [0.15, 0.2) is 24.4 Å². The lowest BCUT2D eigenvalue weighted by molar-refractivity contribution is 0.0944. The van der Waals surface area contributed by atoms with E-state index in [0.717, 1.165) is 0 Å². The molecule has 0 saturated carbocycles. The van der Waals surface area contributed by atoms with Crippen molar-refractivity contribution in [2.24, 2.45) is 0 Å². The fourth-order valence-corrected chi connectivity index (χ4v) is 2.10. The molecule has 1 aromatic carbocycles. The lowest BCUT2D eigenvalue weighted by atomic mass is 10.0. The van der Waals surface area contributed by atoms with Gasteiger partial charge in [-0.25, -0.2) is 0 Å². The zero-order valence-electron chi connectivity index (χ0n) is 13.1. The lowest BCUT2D eigenvalue weighted by Crippen LogP contribution is -2.31. The molecule has 3 N–H and O–H groups in total. The average molecular weight is 311 g/mol. The van der Waals surface area contributed by atoms with Crippen LogP contribution in [-0.4, -0.2) is 28.1 Å². The molecule has 2 amide bonds. The average Bonchev–Trinajstić information content (AvgIpc) is 3.02. The number of carbonyl (C=O) groups excluding carboxylic acids is 2. The minimum Gasteiger partial charge on any atom is -0.350 e. The third-order valence-electron chi connectivity index (χ3n) is 3.11. The van der Waals surface area contributed by atoms with Crippen LogP contribution in [-0.2, 0) is 0 Å². The highest BCUT2D eigenvalue weighted by Crippen LogP contribution is 2.23. The van der Waals surface area contributed by atoms with E-state index in [1.807, 2.05) is 19.9 Å². The van der Waals surface area contributed by atoms with Crippen molar-refractivity contribution in [3.63, 3.8) is 0 Å². The third kappa shape index (κ3) is 3.74. The van der Waals surface area contributed by atoms with E-state index in [0.29, 0.717) is 16.8 Å². The summed E-state index contributed by atoms with van der Waals surface area (Å²) < 4.78 is 0. The third-order valence-corrected chi connectivity index (χ3v) is 3.11. The molecule has 0 aliphatic rings. The van der Waals surface area contributed by atoms with Crippen molar-refractivity contribution in [1.82, 2.24) is 15.5 Å². The summed E-state index contributed by atoms with van der Waals surface area (Å²) in [5.74, 6) is -0.756. The molecule has 0 unspecified atom stereocenters. The Morgan fingerprint density at radius 2 is 2.04 bits per heavy atom. The summed E-state index contributed by atoms with van der Waals surface area (Å²) in [5.41, 5.74) is 1.90. The molecule has 0 atom stereocenters. The highest BCUT2D eigenvalue weighted by molar-refractivity contribution is 6.09. The molecule has 0 fully saturated rings. The van der Waals surface area contributed by atoms with Crippen LogP contribution >= 0.6 is 0 Å².